The van der Waals surface area contributed by atoms with E-state index in [9.17, 15) is 9.59 Å². The second-order valence-electron chi connectivity index (χ2n) is 7.92. The van der Waals surface area contributed by atoms with Gasteiger partial charge in [-0.25, -0.2) is 0 Å². The lowest BCUT2D eigenvalue weighted by atomic mass is 9.85. The molecule has 1 heterocycles. The van der Waals surface area contributed by atoms with Gasteiger partial charge in [0.1, 0.15) is 0 Å². The highest BCUT2D eigenvalue weighted by Gasteiger charge is 2.34. The molecule has 27 heavy (non-hydrogen) atoms. The molecule has 2 amide bonds. The van der Waals surface area contributed by atoms with Gasteiger partial charge in [0.05, 0.1) is 11.1 Å². The standard InChI is InChI=1S/C24H27NO2/c26-23-21-8-4-5-9-22(21)24(27)25(23)17-16-20-14-12-19(13-15-20)11-10-18-6-2-1-3-7-18/h4-5,8-9,12-15,18H,1-3,6-7,10-11,16-17H2. The number of amides is 2. The number of nitrogens with zero attached hydrogens (tertiary/aromatic N) is 1. The zero-order valence-electron chi connectivity index (χ0n) is 15.8. The van der Waals surface area contributed by atoms with Crippen molar-refractivity contribution in [2.75, 3.05) is 6.54 Å². The van der Waals surface area contributed by atoms with Gasteiger partial charge in [-0.2, -0.15) is 0 Å². The summed E-state index contributed by atoms with van der Waals surface area (Å²) in [5, 5.41) is 0. The van der Waals surface area contributed by atoms with Gasteiger partial charge in [-0.1, -0.05) is 68.5 Å². The lowest BCUT2D eigenvalue weighted by Crippen LogP contribution is -2.31. The van der Waals surface area contributed by atoms with Gasteiger partial charge in [0, 0.05) is 6.54 Å². The van der Waals surface area contributed by atoms with Crippen molar-refractivity contribution < 1.29 is 9.59 Å². The van der Waals surface area contributed by atoms with Crippen LogP contribution in [0.2, 0.25) is 0 Å². The highest BCUT2D eigenvalue weighted by molar-refractivity contribution is 6.21. The van der Waals surface area contributed by atoms with E-state index in [1.165, 1.54) is 54.6 Å². The molecule has 0 atom stereocenters. The maximum Gasteiger partial charge on any atom is 0.261 e. The number of benzene rings is 2. The maximum atomic E-state index is 12.4. The molecule has 1 fully saturated rings. The lowest BCUT2D eigenvalue weighted by Gasteiger charge is -2.21. The van der Waals surface area contributed by atoms with Gasteiger partial charge < -0.3 is 0 Å². The Hall–Kier alpha value is -2.42. The highest BCUT2D eigenvalue weighted by atomic mass is 16.2. The molecular formula is C24H27NO2. The minimum atomic E-state index is -0.167. The molecule has 0 bridgehead atoms. The quantitative estimate of drug-likeness (QED) is 0.676. The average molecular weight is 361 g/mol. The van der Waals surface area contributed by atoms with Crippen LogP contribution in [0.1, 0.15) is 70.4 Å². The summed E-state index contributed by atoms with van der Waals surface area (Å²) in [5.41, 5.74) is 3.62. The molecule has 0 spiro atoms. The van der Waals surface area contributed by atoms with Crippen LogP contribution in [0.4, 0.5) is 0 Å². The largest absolute Gasteiger partial charge is 0.274 e. The Bertz CT molecular complexity index is 784. The van der Waals surface area contributed by atoms with Crippen LogP contribution in [0, 0.1) is 5.92 Å². The van der Waals surface area contributed by atoms with E-state index in [0.717, 1.165) is 12.3 Å². The monoisotopic (exact) mass is 361 g/mol. The normalized spacial score (nSPS) is 17.4. The molecule has 3 nitrogen and oxygen atoms in total. The van der Waals surface area contributed by atoms with Crippen LogP contribution in [-0.4, -0.2) is 23.3 Å². The third-order valence-electron chi connectivity index (χ3n) is 6.09. The van der Waals surface area contributed by atoms with E-state index in [2.05, 4.69) is 24.3 Å². The molecule has 4 rings (SSSR count). The molecule has 0 saturated heterocycles. The van der Waals surface area contributed by atoms with Gasteiger partial charge in [-0.3, -0.25) is 14.5 Å². The molecule has 1 saturated carbocycles. The van der Waals surface area contributed by atoms with E-state index in [1.807, 2.05) is 0 Å². The number of hydrogen-bond donors (Lipinski definition) is 0. The molecule has 0 unspecified atom stereocenters. The number of aryl methyl sites for hydroxylation is 1. The minimum Gasteiger partial charge on any atom is -0.274 e. The van der Waals surface area contributed by atoms with Crippen molar-refractivity contribution in [3.63, 3.8) is 0 Å². The van der Waals surface area contributed by atoms with E-state index in [-0.39, 0.29) is 11.8 Å². The summed E-state index contributed by atoms with van der Waals surface area (Å²) >= 11 is 0. The zero-order chi connectivity index (χ0) is 18.6. The maximum absolute atomic E-state index is 12.4. The van der Waals surface area contributed by atoms with E-state index >= 15 is 0 Å². The first-order valence-corrected chi connectivity index (χ1v) is 10.3. The van der Waals surface area contributed by atoms with Crippen molar-refractivity contribution in [3.05, 3.63) is 70.8 Å². The van der Waals surface area contributed by atoms with Gasteiger partial charge in [0.15, 0.2) is 0 Å². The SMILES string of the molecule is O=C1c2ccccc2C(=O)N1CCc1ccc(CCC2CCCCC2)cc1. The molecular weight excluding hydrogens is 334 g/mol. The average Bonchev–Trinajstić information content (AvgIpc) is 2.97. The van der Waals surface area contributed by atoms with Crippen molar-refractivity contribution in [1.82, 2.24) is 4.90 Å². The lowest BCUT2D eigenvalue weighted by molar-refractivity contribution is 0.0656. The first-order chi connectivity index (χ1) is 13.2. The third-order valence-corrected chi connectivity index (χ3v) is 6.09. The van der Waals surface area contributed by atoms with E-state index < -0.39 is 0 Å². The predicted octanol–water partition coefficient (Wildman–Crippen LogP) is 5.04. The number of rotatable bonds is 6. The topological polar surface area (TPSA) is 37.4 Å². The van der Waals surface area contributed by atoms with Gasteiger partial charge in [0.2, 0.25) is 0 Å². The van der Waals surface area contributed by atoms with E-state index in [4.69, 9.17) is 0 Å². The van der Waals surface area contributed by atoms with E-state index in [1.54, 1.807) is 24.3 Å². The van der Waals surface area contributed by atoms with Gasteiger partial charge in [-0.05, 0) is 48.4 Å². The molecule has 3 heteroatoms. The van der Waals surface area contributed by atoms with Crippen molar-refractivity contribution in [2.24, 2.45) is 5.92 Å². The Kier molecular flexibility index (Phi) is 5.38. The molecule has 2 aromatic rings. The molecule has 1 aliphatic heterocycles. The molecule has 2 aliphatic rings. The molecule has 1 aliphatic carbocycles. The first kappa shape index (κ1) is 18.0. The van der Waals surface area contributed by atoms with Gasteiger partial charge in [-0.15, -0.1) is 0 Å². The minimum absolute atomic E-state index is 0.167. The third kappa shape index (κ3) is 3.97. The summed E-state index contributed by atoms with van der Waals surface area (Å²) in [6, 6.07) is 15.8. The smallest absolute Gasteiger partial charge is 0.261 e. The second-order valence-corrected chi connectivity index (χ2v) is 7.92. The predicted molar refractivity (Wildman–Crippen MR) is 107 cm³/mol. The zero-order valence-corrected chi connectivity index (χ0v) is 15.8. The first-order valence-electron chi connectivity index (χ1n) is 10.3. The Morgan fingerprint density at radius 3 is 1.89 bits per heavy atom. The van der Waals surface area contributed by atoms with Crippen LogP contribution in [0.3, 0.4) is 0 Å². The Morgan fingerprint density at radius 2 is 1.30 bits per heavy atom. The number of imide groups is 1. The molecule has 2 aromatic carbocycles. The molecule has 0 aromatic heterocycles. The van der Waals surface area contributed by atoms with Crippen LogP contribution in [-0.2, 0) is 12.8 Å². The van der Waals surface area contributed by atoms with E-state index in [0.29, 0.717) is 24.1 Å². The van der Waals surface area contributed by atoms with Crippen LogP contribution < -0.4 is 0 Å². The second kappa shape index (κ2) is 8.08. The fraction of sp³-hybridized carbons (Fsp3) is 0.417. The summed E-state index contributed by atoms with van der Waals surface area (Å²) < 4.78 is 0. The number of carbonyl (C=O) groups is 2. The van der Waals surface area contributed by atoms with Crippen molar-refractivity contribution in [3.8, 4) is 0 Å². The van der Waals surface area contributed by atoms with Gasteiger partial charge in [0.25, 0.3) is 11.8 Å². The fourth-order valence-electron chi connectivity index (χ4n) is 4.40. The summed E-state index contributed by atoms with van der Waals surface area (Å²) in [5.74, 6) is 0.576. The Balaban J connectivity index is 1.30. The fourth-order valence-corrected chi connectivity index (χ4v) is 4.40. The van der Waals surface area contributed by atoms with Crippen molar-refractivity contribution in [2.45, 2.75) is 51.4 Å². The molecule has 0 radical (unpaired) electrons. The Morgan fingerprint density at radius 1 is 0.741 bits per heavy atom. The highest BCUT2D eigenvalue weighted by Crippen LogP contribution is 2.27. The summed E-state index contributed by atoms with van der Waals surface area (Å²) in [6.45, 7) is 0.438. The molecule has 140 valence electrons. The number of carbonyl (C=O) groups excluding carboxylic acids is 2. The number of fused-ring (bicyclic) bond motifs is 1. The van der Waals surface area contributed by atoms with Crippen LogP contribution >= 0.6 is 0 Å². The molecule has 0 N–H and O–H groups in total. The Labute approximate surface area is 161 Å². The van der Waals surface area contributed by atoms with Gasteiger partial charge >= 0.3 is 0 Å². The van der Waals surface area contributed by atoms with Crippen molar-refractivity contribution in [1.29, 1.82) is 0 Å². The summed E-state index contributed by atoms with van der Waals surface area (Å²) in [7, 11) is 0. The van der Waals surface area contributed by atoms with Crippen LogP contribution in [0.25, 0.3) is 0 Å². The summed E-state index contributed by atoms with van der Waals surface area (Å²) in [6.07, 6.45) is 10.2. The van der Waals surface area contributed by atoms with Crippen LogP contribution in [0.5, 0.6) is 0 Å². The van der Waals surface area contributed by atoms with Crippen LogP contribution in [0.15, 0.2) is 48.5 Å². The number of hydrogen-bond acceptors (Lipinski definition) is 2. The van der Waals surface area contributed by atoms with Crippen molar-refractivity contribution >= 4 is 11.8 Å². The summed E-state index contributed by atoms with van der Waals surface area (Å²) in [4.78, 5) is 26.2.